The largest absolute Gasteiger partial charge is 0.488 e. The van der Waals surface area contributed by atoms with E-state index in [4.69, 9.17) is 25.1 Å². The molecule has 4 N–H and O–H groups in total. The van der Waals surface area contributed by atoms with Gasteiger partial charge >= 0.3 is 0 Å². The van der Waals surface area contributed by atoms with Crippen LogP contribution in [-0.4, -0.2) is 57.4 Å². The highest BCUT2D eigenvalue weighted by molar-refractivity contribution is 6.12. The van der Waals surface area contributed by atoms with Crippen molar-refractivity contribution in [2.45, 2.75) is 6.42 Å². The van der Waals surface area contributed by atoms with Crippen molar-refractivity contribution >= 4 is 17.1 Å². The van der Waals surface area contributed by atoms with Gasteiger partial charge in [-0.25, -0.2) is 4.39 Å². The number of hydrogen-bond donors (Lipinski definition) is 3. The number of rotatable bonds is 8. The van der Waals surface area contributed by atoms with E-state index < -0.39 is 5.82 Å². The van der Waals surface area contributed by atoms with Crippen LogP contribution in [0.4, 0.5) is 15.8 Å². The molecule has 1 saturated heterocycles. The van der Waals surface area contributed by atoms with Crippen molar-refractivity contribution in [3.8, 4) is 17.0 Å². The zero-order chi connectivity index (χ0) is 23.2. The summed E-state index contributed by atoms with van der Waals surface area (Å²) in [4.78, 5) is 2.35. The average molecular weight is 454 g/mol. The van der Waals surface area contributed by atoms with Gasteiger partial charge in [0.05, 0.1) is 6.61 Å². The number of nitrogens with one attached hydrogen (secondary N) is 2. The number of halogens is 1. The molecule has 3 aromatic rings. The van der Waals surface area contributed by atoms with Crippen molar-refractivity contribution in [1.82, 2.24) is 10.5 Å². The van der Waals surface area contributed by atoms with Crippen LogP contribution < -0.4 is 20.7 Å². The van der Waals surface area contributed by atoms with E-state index >= 15 is 0 Å². The first kappa shape index (κ1) is 22.8. The summed E-state index contributed by atoms with van der Waals surface area (Å²) in [5.41, 5.74) is 9.05. The summed E-state index contributed by atoms with van der Waals surface area (Å²) in [7, 11) is 1.53. The molecule has 33 heavy (non-hydrogen) atoms. The molecular formula is C24H28FN5O3. The number of methoxy groups -OCH3 is 1. The van der Waals surface area contributed by atoms with Crippen LogP contribution in [0.2, 0.25) is 0 Å². The molecule has 0 saturated carbocycles. The quantitative estimate of drug-likeness (QED) is 0.273. The second-order valence-corrected chi connectivity index (χ2v) is 7.80. The van der Waals surface area contributed by atoms with Gasteiger partial charge in [-0.2, -0.15) is 0 Å². The van der Waals surface area contributed by atoms with Gasteiger partial charge in [0, 0.05) is 61.4 Å². The van der Waals surface area contributed by atoms with Crippen LogP contribution in [0.3, 0.4) is 0 Å². The zero-order valence-corrected chi connectivity index (χ0v) is 18.6. The number of ether oxygens (including phenoxy) is 2. The van der Waals surface area contributed by atoms with E-state index in [-0.39, 0.29) is 35.1 Å². The Kier molecular flexibility index (Phi) is 7.21. The summed E-state index contributed by atoms with van der Waals surface area (Å²) in [6.45, 7) is 4.53. The number of nitrogen functional groups attached to an aromatic ring is 1. The zero-order valence-electron chi connectivity index (χ0n) is 18.6. The third-order valence-corrected chi connectivity index (χ3v) is 5.54. The Bertz CT molecular complexity index is 1090. The third-order valence-electron chi connectivity index (χ3n) is 5.54. The van der Waals surface area contributed by atoms with Crippen molar-refractivity contribution in [3.05, 3.63) is 59.6 Å². The fraction of sp³-hybridized carbons (Fsp3) is 0.333. The second kappa shape index (κ2) is 10.5. The van der Waals surface area contributed by atoms with Crippen molar-refractivity contribution < 1.29 is 18.4 Å². The Morgan fingerprint density at radius 1 is 1.18 bits per heavy atom. The summed E-state index contributed by atoms with van der Waals surface area (Å²) < 4.78 is 30.1. The molecule has 1 aliphatic heterocycles. The van der Waals surface area contributed by atoms with Gasteiger partial charge in [-0.3, -0.25) is 5.41 Å². The monoisotopic (exact) mass is 453 g/mol. The van der Waals surface area contributed by atoms with Crippen molar-refractivity contribution in [2.75, 3.05) is 57.1 Å². The molecule has 1 fully saturated rings. The molecule has 9 heteroatoms. The van der Waals surface area contributed by atoms with E-state index in [1.807, 2.05) is 12.1 Å². The van der Waals surface area contributed by atoms with Gasteiger partial charge in [0.25, 0.3) is 0 Å². The molecule has 1 aromatic heterocycles. The molecule has 174 valence electrons. The van der Waals surface area contributed by atoms with E-state index in [2.05, 4.69) is 27.5 Å². The minimum atomic E-state index is -0.612. The van der Waals surface area contributed by atoms with Crippen LogP contribution in [0.1, 0.15) is 17.7 Å². The summed E-state index contributed by atoms with van der Waals surface area (Å²) in [6, 6.07) is 12.3. The van der Waals surface area contributed by atoms with Crippen LogP contribution in [0.15, 0.2) is 47.0 Å². The van der Waals surface area contributed by atoms with E-state index in [1.54, 1.807) is 6.07 Å². The summed E-state index contributed by atoms with van der Waals surface area (Å²) in [5, 5.41) is 16.0. The van der Waals surface area contributed by atoms with E-state index in [0.29, 0.717) is 12.3 Å². The number of benzene rings is 2. The lowest BCUT2D eigenvalue weighted by Crippen LogP contribution is -2.27. The molecule has 4 rings (SSSR count). The Hall–Kier alpha value is -3.43. The van der Waals surface area contributed by atoms with Gasteiger partial charge in [-0.1, -0.05) is 17.3 Å². The Morgan fingerprint density at radius 3 is 2.79 bits per heavy atom. The predicted octanol–water partition coefficient (Wildman–Crippen LogP) is 3.30. The normalized spacial score (nSPS) is 14.2. The minimum absolute atomic E-state index is 0.0136. The lowest BCUT2D eigenvalue weighted by Gasteiger charge is -2.22. The molecular weight excluding hydrogens is 425 g/mol. The molecule has 0 spiro atoms. The molecule has 0 bridgehead atoms. The molecule has 0 atom stereocenters. The molecule has 0 aliphatic carbocycles. The smallest absolute Gasteiger partial charge is 0.185 e. The Balaban J connectivity index is 1.49. The highest BCUT2D eigenvalue weighted by Gasteiger charge is 2.18. The highest BCUT2D eigenvalue weighted by atomic mass is 19.1. The molecule has 0 unspecified atom stereocenters. The maximum atomic E-state index is 14.4. The predicted molar refractivity (Wildman–Crippen MR) is 126 cm³/mol. The summed E-state index contributed by atoms with van der Waals surface area (Å²) in [5.74, 6) is -0.398. The Morgan fingerprint density at radius 2 is 2.00 bits per heavy atom. The number of hydrogen-bond acceptors (Lipinski definition) is 8. The summed E-state index contributed by atoms with van der Waals surface area (Å²) in [6.07, 6.45) is 1.11. The van der Waals surface area contributed by atoms with Crippen molar-refractivity contribution in [2.24, 2.45) is 0 Å². The lowest BCUT2D eigenvalue weighted by molar-refractivity contribution is 0.144. The van der Waals surface area contributed by atoms with Crippen LogP contribution in [0, 0.1) is 11.2 Å². The van der Waals surface area contributed by atoms with Gasteiger partial charge in [0.15, 0.2) is 17.3 Å². The fourth-order valence-corrected chi connectivity index (χ4v) is 3.74. The number of anilines is 2. The molecule has 2 heterocycles. The van der Waals surface area contributed by atoms with Gasteiger partial charge in [-0.05, 0) is 31.2 Å². The van der Waals surface area contributed by atoms with Crippen LogP contribution in [-0.2, 0) is 4.74 Å². The first-order valence-electron chi connectivity index (χ1n) is 10.9. The minimum Gasteiger partial charge on any atom is -0.488 e. The maximum absolute atomic E-state index is 14.4. The first-order chi connectivity index (χ1) is 16.1. The van der Waals surface area contributed by atoms with Crippen molar-refractivity contribution in [1.29, 1.82) is 5.41 Å². The van der Waals surface area contributed by atoms with Gasteiger partial charge in [-0.15, -0.1) is 0 Å². The lowest BCUT2D eigenvalue weighted by atomic mass is 10.0. The van der Waals surface area contributed by atoms with Crippen molar-refractivity contribution in [3.63, 3.8) is 0 Å². The van der Waals surface area contributed by atoms with E-state index in [1.165, 1.54) is 19.2 Å². The molecule has 2 aromatic carbocycles. The van der Waals surface area contributed by atoms with Gasteiger partial charge in [0.1, 0.15) is 18.0 Å². The van der Waals surface area contributed by atoms with E-state index in [0.717, 1.165) is 43.9 Å². The molecule has 8 nitrogen and oxygen atoms in total. The van der Waals surface area contributed by atoms with Gasteiger partial charge in [0.2, 0.25) is 0 Å². The average Bonchev–Trinajstić information content (AvgIpc) is 3.16. The highest BCUT2D eigenvalue weighted by Crippen LogP contribution is 2.28. The number of nitrogens with zero attached hydrogens (tertiary/aromatic N) is 2. The molecule has 0 amide bonds. The third kappa shape index (κ3) is 5.32. The Labute approximate surface area is 192 Å². The van der Waals surface area contributed by atoms with Crippen LogP contribution in [0.25, 0.3) is 11.3 Å². The first-order valence-corrected chi connectivity index (χ1v) is 10.9. The summed E-state index contributed by atoms with van der Waals surface area (Å²) >= 11 is 0. The van der Waals surface area contributed by atoms with Gasteiger partial charge < -0.3 is 29.9 Å². The van der Waals surface area contributed by atoms with E-state index in [9.17, 15) is 4.39 Å². The number of aromatic nitrogens is 1. The van der Waals surface area contributed by atoms with Crippen LogP contribution in [0.5, 0.6) is 5.75 Å². The SMILES string of the molecule is COCCOc1cc(N)c(C(=N)c2cc(-c3ccc(N4CCCNCC4)cc3)no2)cc1F. The standard InChI is InChI=1S/C24H28FN5O3/c1-31-11-12-32-22-14-20(26)18(13-19(22)25)24(27)23-15-21(29-33-23)16-3-5-17(6-4-16)30-9-2-7-28-8-10-30/h3-6,13-15,27-28H,2,7-12,26H2,1H3. The number of nitrogens with two attached hydrogens (primary N) is 1. The fourth-order valence-electron chi connectivity index (χ4n) is 3.74. The second-order valence-electron chi connectivity index (χ2n) is 7.80. The topological polar surface area (TPSA) is 110 Å². The molecule has 0 radical (unpaired) electrons. The maximum Gasteiger partial charge on any atom is 0.185 e. The van der Waals surface area contributed by atoms with Crippen LogP contribution >= 0.6 is 0 Å². The molecule has 1 aliphatic rings.